The van der Waals surface area contributed by atoms with E-state index in [1.54, 1.807) is 18.2 Å². The molecule has 2 aromatic rings. The Morgan fingerprint density at radius 1 is 1.16 bits per heavy atom. The number of halogens is 1. The molecule has 170 valence electrons. The molecule has 8 heteroatoms. The van der Waals surface area contributed by atoms with Gasteiger partial charge in [0.2, 0.25) is 15.9 Å². The lowest BCUT2D eigenvalue weighted by Gasteiger charge is -2.28. The summed E-state index contributed by atoms with van der Waals surface area (Å²) in [6.07, 6.45) is 1.06. The van der Waals surface area contributed by atoms with E-state index in [0.717, 1.165) is 16.1 Å². The smallest absolute Gasteiger partial charge is 0.243 e. The van der Waals surface area contributed by atoms with Crippen molar-refractivity contribution < 1.29 is 17.9 Å². The number of nitrogens with one attached hydrogen (secondary N) is 1. The van der Waals surface area contributed by atoms with E-state index in [1.165, 1.54) is 12.5 Å². The summed E-state index contributed by atoms with van der Waals surface area (Å²) in [5.41, 5.74) is 2.44. The highest BCUT2D eigenvalue weighted by atomic mass is 35.5. The van der Waals surface area contributed by atoms with Gasteiger partial charge in [-0.2, -0.15) is 0 Å². The van der Waals surface area contributed by atoms with Gasteiger partial charge < -0.3 is 10.1 Å². The van der Waals surface area contributed by atoms with Crippen LogP contribution in [-0.2, 0) is 20.2 Å². The Labute approximate surface area is 190 Å². The van der Waals surface area contributed by atoms with Crippen molar-refractivity contribution in [3.63, 3.8) is 0 Å². The molecule has 0 heterocycles. The van der Waals surface area contributed by atoms with E-state index >= 15 is 0 Å². The Morgan fingerprint density at radius 3 is 2.29 bits per heavy atom. The largest absolute Gasteiger partial charge is 0.492 e. The van der Waals surface area contributed by atoms with E-state index in [0.29, 0.717) is 16.5 Å². The summed E-state index contributed by atoms with van der Waals surface area (Å²) in [6, 6.07) is 11.8. The number of ether oxygens (including phenoxy) is 1. The van der Waals surface area contributed by atoms with Gasteiger partial charge in [-0.3, -0.25) is 9.10 Å². The summed E-state index contributed by atoms with van der Waals surface area (Å²) in [5.74, 6) is 0.288. The monoisotopic (exact) mass is 466 g/mol. The highest BCUT2D eigenvalue weighted by Gasteiger charge is 2.29. The maximum atomic E-state index is 12.6. The summed E-state index contributed by atoms with van der Waals surface area (Å²) in [4.78, 5) is 12.6. The summed E-state index contributed by atoms with van der Waals surface area (Å²) < 4.78 is 31.5. The Bertz CT molecular complexity index is 1010. The number of hydrogen-bond donors (Lipinski definition) is 1. The van der Waals surface area contributed by atoms with Crippen molar-refractivity contribution in [2.45, 2.75) is 46.1 Å². The zero-order valence-corrected chi connectivity index (χ0v) is 20.5. The number of sulfonamides is 1. The number of carbonyl (C=O) groups is 1. The summed E-state index contributed by atoms with van der Waals surface area (Å²) in [7, 11) is -3.70. The molecule has 0 aliphatic carbocycles. The highest BCUT2D eigenvalue weighted by Crippen LogP contribution is 2.27. The number of benzene rings is 2. The van der Waals surface area contributed by atoms with Gasteiger partial charge in [0, 0.05) is 5.02 Å². The molecule has 1 N–H and O–H groups in total. The fourth-order valence-corrected chi connectivity index (χ4v) is 4.41. The molecule has 0 radical (unpaired) electrons. The average molecular weight is 467 g/mol. The lowest BCUT2D eigenvalue weighted by atomic mass is 9.87. The van der Waals surface area contributed by atoms with Crippen molar-refractivity contribution in [3.05, 3.63) is 58.6 Å². The van der Waals surface area contributed by atoms with Gasteiger partial charge >= 0.3 is 0 Å². The lowest BCUT2D eigenvalue weighted by Crippen LogP contribution is -2.48. The van der Waals surface area contributed by atoms with Gasteiger partial charge in [-0.25, -0.2) is 8.42 Å². The first-order valence-electron chi connectivity index (χ1n) is 10.1. The van der Waals surface area contributed by atoms with Crippen molar-refractivity contribution in [2.75, 3.05) is 23.7 Å². The number of carbonyl (C=O) groups excluding carboxylic acids is 1. The van der Waals surface area contributed by atoms with Gasteiger partial charge in [0.05, 0.1) is 18.5 Å². The molecule has 0 fully saturated rings. The van der Waals surface area contributed by atoms with E-state index in [9.17, 15) is 13.2 Å². The van der Waals surface area contributed by atoms with Crippen LogP contribution in [0.4, 0.5) is 5.69 Å². The third-order valence-corrected chi connectivity index (χ3v) is 6.54. The first-order chi connectivity index (χ1) is 14.3. The molecule has 0 saturated heterocycles. The van der Waals surface area contributed by atoms with Crippen LogP contribution in [0.15, 0.2) is 42.5 Å². The van der Waals surface area contributed by atoms with Crippen LogP contribution in [0.1, 0.15) is 38.8 Å². The lowest BCUT2D eigenvalue weighted by molar-refractivity contribution is -0.121. The zero-order chi connectivity index (χ0) is 23.4. The first-order valence-corrected chi connectivity index (χ1v) is 12.3. The molecule has 2 aromatic carbocycles. The standard InChI is InChI=1S/C23H31ClN2O4S/c1-16-7-10-19(15-21(16)24)26(31(6,28)29)17(2)22(27)25-13-14-30-20-11-8-18(9-12-20)23(3,4)5/h7-12,15,17H,13-14H2,1-6H3,(H,25,27)/t17-/m0/s1. The minimum atomic E-state index is -3.70. The molecule has 0 spiro atoms. The quantitative estimate of drug-likeness (QED) is 0.588. The van der Waals surface area contributed by atoms with Crippen molar-refractivity contribution >= 4 is 33.2 Å². The van der Waals surface area contributed by atoms with Crippen molar-refractivity contribution in [1.82, 2.24) is 5.32 Å². The van der Waals surface area contributed by atoms with E-state index in [1.807, 2.05) is 31.2 Å². The highest BCUT2D eigenvalue weighted by molar-refractivity contribution is 7.92. The fraction of sp³-hybridized carbons (Fsp3) is 0.435. The molecule has 0 bridgehead atoms. The molecule has 0 aromatic heterocycles. The number of amides is 1. The van der Waals surface area contributed by atoms with Crippen LogP contribution in [-0.4, -0.2) is 39.8 Å². The second-order valence-corrected chi connectivity index (χ2v) is 10.8. The first kappa shape index (κ1) is 25.0. The van der Waals surface area contributed by atoms with Crippen LogP contribution in [0.25, 0.3) is 0 Å². The fourth-order valence-electron chi connectivity index (χ4n) is 3.07. The molecule has 6 nitrogen and oxygen atoms in total. The number of hydrogen-bond acceptors (Lipinski definition) is 4. The molecule has 2 rings (SSSR count). The Morgan fingerprint density at radius 2 is 1.77 bits per heavy atom. The third kappa shape index (κ3) is 6.87. The predicted molar refractivity (Wildman–Crippen MR) is 127 cm³/mol. The van der Waals surface area contributed by atoms with Gasteiger partial charge in [-0.05, 0) is 54.7 Å². The number of rotatable bonds is 8. The average Bonchev–Trinajstić information content (AvgIpc) is 2.66. The summed E-state index contributed by atoms with van der Waals surface area (Å²) >= 11 is 6.15. The predicted octanol–water partition coefficient (Wildman–Crippen LogP) is 4.30. The Kier molecular flexibility index (Phi) is 8.00. The van der Waals surface area contributed by atoms with Crippen LogP contribution in [0.5, 0.6) is 5.75 Å². The number of aryl methyl sites for hydroxylation is 1. The van der Waals surface area contributed by atoms with E-state index in [2.05, 4.69) is 26.1 Å². The van der Waals surface area contributed by atoms with Crippen LogP contribution >= 0.6 is 11.6 Å². The molecule has 0 aliphatic rings. The minimum Gasteiger partial charge on any atom is -0.492 e. The molecular formula is C23H31ClN2O4S. The minimum absolute atomic E-state index is 0.0653. The Balaban J connectivity index is 1.97. The summed E-state index contributed by atoms with van der Waals surface area (Å²) in [5, 5.41) is 3.17. The second-order valence-electron chi connectivity index (χ2n) is 8.58. The van der Waals surface area contributed by atoms with Crippen molar-refractivity contribution in [1.29, 1.82) is 0 Å². The zero-order valence-electron chi connectivity index (χ0n) is 18.9. The SMILES string of the molecule is Cc1ccc(N([C@@H](C)C(=O)NCCOc2ccc(C(C)(C)C)cc2)S(C)(=O)=O)cc1Cl. The molecule has 0 unspecified atom stereocenters. The molecule has 1 amide bonds. The normalized spacial score (nSPS) is 12.9. The molecule has 0 aliphatic heterocycles. The van der Waals surface area contributed by atoms with Crippen LogP contribution in [0, 0.1) is 6.92 Å². The van der Waals surface area contributed by atoms with Crippen LogP contribution in [0.3, 0.4) is 0 Å². The number of anilines is 1. The molecule has 31 heavy (non-hydrogen) atoms. The van der Waals surface area contributed by atoms with Crippen molar-refractivity contribution in [2.24, 2.45) is 0 Å². The maximum absolute atomic E-state index is 12.6. The second kappa shape index (κ2) is 9.92. The molecule has 1 atom stereocenters. The van der Waals surface area contributed by atoms with E-state index in [-0.39, 0.29) is 18.6 Å². The van der Waals surface area contributed by atoms with E-state index < -0.39 is 22.0 Å². The van der Waals surface area contributed by atoms with Crippen molar-refractivity contribution in [3.8, 4) is 5.75 Å². The van der Waals surface area contributed by atoms with E-state index in [4.69, 9.17) is 16.3 Å². The molecular weight excluding hydrogens is 436 g/mol. The Hall–Kier alpha value is -2.25. The van der Waals surface area contributed by atoms with Gasteiger partial charge in [0.15, 0.2) is 0 Å². The van der Waals surface area contributed by atoms with Crippen LogP contribution < -0.4 is 14.4 Å². The van der Waals surface area contributed by atoms with Gasteiger partial charge in [0.25, 0.3) is 0 Å². The van der Waals surface area contributed by atoms with Gasteiger partial charge in [-0.1, -0.05) is 50.6 Å². The third-order valence-electron chi connectivity index (χ3n) is 4.89. The number of nitrogens with zero attached hydrogens (tertiary/aromatic N) is 1. The van der Waals surface area contributed by atoms with Gasteiger partial charge in [0.1, 0.15) is 18.4 Å². The van der Waals surface area contributed by atoms with Crippen LogP contribution in [0.2, 0.25) is 5.02 Å². The summed E-state index contributed by atoms with van der Waals surface area (Å²) in [6.45, 7) is 10.3. The van der Waals surface area contributed by atoms with Gasteiger partial charge in [-0.15, -0.1) is 0 Å². The topological polar surface area (TPSA) is 75.7 Å². The maximum Gasteiger partial charge on any atom is 0.243 e. The molecule has 0 saturated carbocycles.